The van der Waals surface area contributed by atoms with E-state index in [1.807, 2.05) is 36.4 Å². The van der Waals surface area contributed by atoms with Gasteiger partial charge in [0.2, 0.25) is 0 Å². The van der Waals surface area contributed by atoms with E-state index in [9.17, 15) is 0 Å². The summed E-state index contributed by atoms with van der Waals surface area (Å²) in [4.78, 5) is 8.49. The number of benzene rings is 2. The number of nitrogens with one attached hydrogen (secondary N) is 1. The first-order chi connectivity index (χ1) is 9.63. The van der Waals surface area contributed by atoms with E-state index >= 15 is 0 Å². The molecule has 1 aromatic heterocycles. The molecule has 1 heterocycles. The molecular formula is C14H10ClIN4. The van der Waals surface area contributed by atoms with Crippen molar-refractivity contribution in [2.45, 2.75) is 0 Å². The van der Waals surface area contributed by atoms with Crippen LogP contribution in [0.3, 0.4) is 0 Å². The average Bonchev–Trinajstić information content (AvgIpc) is 2.41. The number of hydrogen-bond donors (Lipinski definition) is 2. The third kappa shape index (κ3) is 2.64. The van der Waals surface area contributed by atoms with Crippen LogP contribution in [0.5, 0.6) is 0 Å². The van der Waals surface area contributed by atoms with Crippen LogP contribution in [0.1, 0.15) is 0 Å². The summed E-state index contributed by atoms with van der Waals surface area (Å²) in [6.07, 6.45) is 1.50. The molecule has 100 valence electrons. The monoisotopic (exact) mass is 396 g/mol. The lowest BCUT2D eigenvalue weighted by atomic mass is 10.2. The second-order valence-corrected chi connectivity index (χ2v) is 5.90. The van der Waals surface area contributed by atoms with Gasteiger partial charge in [-0.1, -0.05) is 11.6 Å². The fourth-order valence-electron chi connectivity index (χ4n) is 1.89. The second-order valence-electron chi connectivity index (χ2n) is 4.25. The van der Waals surface area contributed by atoms with Crippen LogP contribution in [0, 0.1) is 3.57 Å². The van der Waals surface area contributed by atoms with Crippen LogP contribution < -0.4 is 11.1 Å². The maximum atomic E-state index is 6.23. The summed E-state index contributed by atoms with van der Waals surface area (Å²) in [5.41, 5.74) is 8.04. The summed E-state index contributed by atoms with van der Waals surface area (Å²) in [7, 11) is 0. The number of fused-ring (bicyclic) bond motifs is 1. The Morgan fingerprint density at radius 2 is 1.95 bits per heavy atom. The van der Waals surface area contributed by atoms with Gasteiger partial charge in [0.15, 0.2) is 0 Å². The smallest absolute Gasteiger partial charge is 0.141 e. The molecule has 0 aliphatic heterocycles. The summed E-state index contributed by atoms with van der Waals surface area (Å²) < 4.78 is 1.08. The zero-order chi connectivity index (χ0) is 14.1. The van der Waals surface area contributed by atoms with Crippen molar-refractivity contribution in [1.29, 1.82) is 0 Å². The highest BCUT2D eigenvalue weighted by molar-refractivity contribution is 14.1. The highest BCUT2D eigenvalue weighted by Crippen LogP contribution is 2.29. The third-order valence-corrected chi connectivity index (χ3v) is 3.83. The van der Waals surface area contributed by atoms with E-state index in [0.29, 0.717) is 16.5 Å². The maximum Gasteiger partial charge on any atom is 0.141 e. The molecule has 0 atom stereocenters. The number of aromatic nitrogens is 2. The Kier molecular flexibility index (Phi) is 3.62. The van der Waals surface area contributed by atoms with Gasteiger partial charge in [0.1, 0.15) is 12.1 Å². The predicted molar refractivity (Wildman–Crippen MR) is 91.4 cm³/mol. The lowest BCUT2D eigenvalue weighted by molar-refractivity contribution is 1.22. The van der Waals surface area contributed by atoms with Gasteiger partial charge < -0.3 is 11.1 Å². The third-order valence-electron chi connectivity index (χ3n) is 2.84. The molecule has 0 saturated heterocycles. The van der Waals surface area contributed by atoms with Crippen LogP contribution in [0.25, 0.3) is 10.9 Å². The summed E-state index contributed by atoms with van der Waals surface area (Å²) in [6.45, 7) is 0. The summed E-state index contributed by atoms with van der Waals surface area (Å²) in [5.74, 6) is 0.707. The van der Waals surface area contributed by atoms with Crippen molar-refractivity contribution in [3.05, 3.63) is 51.3 Å². The number of nitrogen functional groups attached to an aromatic ring is 1. The molecule has 6 heteroatoms. The van der Waals surface area contributed by atoms with Crippen molar-refractivity contribution >= 4 is 62.3 Å². The Balaban J connectivity index is 2.06. The number of nitrogens with zero attached hydrogens (tertiary/aromatic N) is 2. The van der Waals surface area contributed by atoms with E-state index in [0.717, 1.165) is 20.2 Å². The highest BCUT2D eigenvalue weighted by Gasteiger charge is 2.07. The van der Waals surface area contributed by atoms with Crippen LogP contribution in [-0.4, -0.2) is 9.97 Å². The number of nitrogens with two attached hydrogens (primary N) is 1. The molecule has 3 rings (SSSR count). The summed E-state index contributed by atoms with van der Waals surface area (Å²) in [6, 6.07) is 11.3. The normalized spacial score (nSPS) is 10.7. The molecule has 0 amide bonds. The van der Waals surface area contributed by atoms with E-state index < -0.39 is 0 Å². The van der Waals surface area contributed by atoms with Crippen LogP contribution in [-0.2, 0) is 0 Å². The Hall–Kier alpha value is -1.60. The SMILES string of the molecule is Nc1ccc2c(Nc3ccc(I)cc3Cl)ncnc2c1. The molecule has 20 heavy (non-hydrogen) atoms. The Morgan fingerprint density at radius 3 is 2.75 bits per heavy atom. The van der Waals surface area contributed by atoms with E-state index in [1.165, 1.54) is 6.33 Å². The van der Waals surface area contributed by atoms with Crippen LogP contribution in [0.4, 0.5) is 17.2 Å². The average molecular weight is 397 g/mol. The van der Waals surface area contributed by atoms with Crippen molar-refractivity contribution < 1.29 is 0 Å². The van der Waals surface area contributed by atoms with Crippen molar-refractivity contribution in [2.24, 2.45) is 0 Å². The molecule has 0 aliphatic rings. The van der Waals surface area contributed by atoms with Crippen molar-refractivity contribution in [1.82, 2.24) is 9.97 Å². The standard InChI is InChI=1S/C14H10ClIN4/c15-11-5-8(16)1-4-12(11)20-14-10-3-2-9(17)6-13(10)18-7-19-14/h1-7H,17H2,(H,18,19,20). The van der Waals surface area contributed by atoms with Gasteiger partial charge >= 0.3 is 0 Å². The zero-order valence-corrected chi connectivity index (χ0v) is 13.2. The largest absolute Gasteiger partial charge is 0.399 e. The van der Waals surface area contributed by atoms with E-state index in [2.05, 4.69) is 37.9 Å². The number of anilines is 3. The minimum Gasteiger partial charge on any atom is -0.399 e. The van der Waals surface area contributed by atoms with Crippen LogP contribution in [0.15, 0.2) is 42.7 Å². The van der Waals surface area contributed by atoms with E-state index in [4.69, 9.17) is 17.3 Å². The topological polar surface area (TPSA) is 63.8 Å². The molecule has 0 saturated carbocycles. The second kappa shape index (κ2) is 5.41. The molecule has 0 radical (unpaired) electrons. The van der Waals surface area contributed by atoms with E-state index in [1.54, 1.807) is 0 Å². The number of hydrogen-bond acceptors (Lipinski definition) is 4. The van der Waals surface area contributed by atoms with Gasteiger partial charge in [-0.05, 0) is 59.0 Å². The zero-order valence-electron chi connectivity index (χ0n) is 10.3. The Morgan fingerprint density at radius 1 is 1.10 bits per heavy atom. The predicted octanol–water partition coefficient (Wildman–Crippen LogP) is 4.21. The summed E-state index contributed by atoms with van der Waals surface area (Å²) in [5, 5.41) is 4.79. The summed E-state index contributed by atoms with van der Waals surface area (Å²) >= 11 is 8.44. The molecule has 3 N–H and O–H groups in total. The first kappa shape index (κ1) is 13.4. The molecule has 0 fully saturated rings. The molecule has 0 unspecified atom stereocenters. The maximum absolute atomic E-state index is 6.23. The van der Waals surface area contributed by atoms with Gasteiger partial charge in [-0.25, -0.2) is 9.97 Å². The fraction of sp³-hybridized carbons (Fsp3) is 0. The molecule has 0 bridgehead atoms. The van der Waals surface area contributed by atoms with Gasteiger partial charge in [0.25, 0.3) is 0 Å². The van der Waals surface area contributed by atoms with Gasteiger partial charge in [0.05, 0.1) is 16.2 Å². The van der Waals surface area contributed by atoms with Gasteiger partial charge in [-0.2, -0.15) is 0 Å². The van der Waals surface area contributed by atoms with Gasteiger partial charge in [0, 0.05) is 14.6 Å². The molecule has 3 aromatic rings. The first-order valence-corrected chi connectivity index (χ1v) is 7.31. The number of rotatable bonds is 2. The quantitative estimate of drug-likeness (QED) is 0.503. The molecular weight excluding hydrogens is 387 g/mol. The fourth-order valence-corrected chi connectivity index (χ4v) is 2.80. The first-order valence-electron chi connectivity index (χ1n) is 5.86. The number of halogens is 2. The van der Waals surface area contributed by atoms with Crippen molar-refractivity contribution in [3.8, 4) is 0 Å². The van der Waals surface area contributed by atoms with Crippen molar-refractivity contribution in [3.63, 3.8) is 0 Å². The lowest BCUT2D eigenvalue weighted by Gasteiger charge is -2.10. The minimum atomic E-state index is 0.652. The van der Waals surface area contributed by atoms with Crippen LogP contribution in [0.2, 0.25) is 5.02 Å². The van der Waals surface area contributed by atoms with Gasteiger partial charge in [-0.3, -0.25) is 0 Å². The minimum absolute atomic E-state index is 0.652. The van der Waals surface area contributed by atoms with Crippen molar-refractivity contribution in [2.75, 3.05) is 11.1 Å². The highest BCUT2D eigenvalue weighted by atomic mass is 127. The van der Waals surface area contributed by atoms with E-state index in [-0.39, 0.29) is 0 Å². The van der Waals surface area contributed by atoms with Crippen LogP contribution >= 0.6 is 34.2 Å². The lowest BCUT2D eigenvalue weighted by Crippen LogP contribution is -1.97. The Bertz CT molecular complexity index is 791. The molecule has 0 aliphatic carbocycles. The van der Waals surface area contributed by atoms with Gasteiger partial charge in [-0.15, -0.1) is 0 Å². The molecule has 0 spiro atoms. The molecule has 4 nitrogen and oxygen atoms in total. The molecule has 2 aromatic carbocycles. The Labute approximate surface area is 134 Å².